The molecule has 0 aliphatic carbocycles. The fourth-order valence-electron chi connectivity index (χ4n) is 3.24. The van der Waals surface area contributed by atoms with Crippen molar-refractivity contribution in [3.63, 3.8) is 0 Å². The lowest BCUT2D eigenvalue weighted by molar-refractivity contribution is -0.434. The van der Waals surface area contributed by atoms with Crippen LogP contribution in [0, 0.1) is 0 Å². The number of hydrogen-bond donors (Lipinski definition) is 3. The van der Waals surface area contributed by atoms with Crippen molar-refractivity contribution < 1.29 is 53.9 Å². The van der Waals surface area contributed by atoms with E-state index in [0.717, 1.165) is 0 Å². The van der Waals surface area contributed by atoms with Crippen LogP contribution in [0.3, 0.4) is 0 Å². The lowest BCUT2D eigenvalue weighted by Gasteiger charge is -2.25. The molecule has 0 saturated heterocycles. The molecule has 0 heterocycles. The summed E-state index contributed by atoms with van der Waals surface area (Å²) in [5.41, 5.74) is 1.28. The lowest BCUT2D eigenvalue weighted by atomic mass is 10.2. The molecule has 1 amide bonds. The standard InChI is InChI=1S/C21H28N4O12S3/c1-4-25(9-11-38(28)37-36-27)20-13-18(22-15(2)26)19(14-21(20)34-3)24-23-16-5-7-17(8-6-16)39(29,30)12-10-35-40(31,32)33/h5-8,13-14,27H,4,9-12H2,1-3H3,(H,22,26)(H,31,32,33). The van der Waals surface area contributed by atoms with Crippen LogP contribution in [0.15, 0.2) is 51.5 Å². The molecule has 16 nitrogen and oxygen atoms in total. The average Bonchev–Trinajstić information content (AvgIpc) is 2.87. The Hall–Kier alpha value is -3.04. The zero-order valence-corrected chi connectivity index (χ0v) is 24.0. The molecule has 0 spiro atoms. The van der Waals surface area contributed by atoms with Crippen molar-refractivity contribution in [1.82, 2.24) is 0 Å². The van der Waals surface area contributed by atoms with Gasteiger partial charge in [0.05, 0.1) is 47.2 Å². The van der Waals surface area contributed by atoms with E-state index >= 15 is 0 Å². The van der Waals surface area contributed by atoms with Crippen LogP contribution in [0.2, 0.25) is 0 Å². The Morgan fingerprint density at radius 3 is 2.35 bits per heavy atom. The average molecular weight is 625 g/mol. The summed E-state index contributed by atoms with van der Waals surface area (Å²) in [5.74, 6) is -0.748. The minimum atomic E-state index is -4.76. The van der Waals surface area contributed by atoms with Crippen LogP contribution in [0.1, 0.15) is 13.8 Å². The van der Waals surface area contributed by atoms with Gasteiger partial charge in [0.2, 0.25) is 5.91 Å². The first-order valence-electron chi connectivity index (χ1n) is 11.3. The number of amides is 1. The number of rotatable bonds is 16. The summed E-state index contributed by atoms with van der Waals surface area (Å²) in [4.78, 5) is 13.5. The SMILES string of the molecule is CCN(CCS(=O)OOO)c1cc(NC(C)=O)c(N=Nc2ccc(S(=O)(=O)CCOS(=O)(=O)O)cc2)cc1OC. The van der Waals surface area contributed by atoms with Gasteiger partial charge < -0.3 is 15.0 Å². The van der Waals surface area contributed by atoms with E-state index in [9.17, 15) is 25.8 Å². The van der Waals surface area contributed by atoms with Gasteiger partial charge in [0.15, 0.2) is 20.9 Å². The molecule has 0 fully saturated rings. The molecule has 0 saturated carbocycles. The fourth-order valence-corrected chi connectivity index (χ4v) is 5.24. The van der Waals surface area contributed by atoms with E-state index in [1.807, 2.05) is 6.92 Å². The highest BCUT2D eigenvalue weighted by atomic mass is 32.3. The highest BCUT2D eigenvalue weighted by Crippen LogP contribution is 2.39. The van der Waals surface area contributed by atoms with Crippen molar-refractivity contribution in [2.45, 2.75) is 18.7 Å². The normalized spacial score (nSPS) is 12.8. The first-order chi connectivity index (χ1) is 18.8. The minimum Gasteiger partial charge on any atom is -0.494 e. The molecule has 3 N–H and O–H groups in total. The second-order valence-electron chi connectivity index (χ2n) is 7.71. The van der Waals surface area contributed by atoms with Gasteiger partial charge in [-0.1, -0.05) is 5.04 Å². The number of sulfone groups is 1. The number of methoxy groups -OCH3 is 1. The number of nitrogens with one attached hydrogen (secondary N) is 1. The molecular formula is C21H28N4O12S3. The van der Waals surface area contributed by atoms with Gasteiger partial charge in [-0.3, -0.25) is 9.35 Å². The van der Waals surface area contributed by atoms with Crippen LogP contribution in [0.4, 0.5) is 22.7 Å². The van der Waals surface area contributed by atoms with Gasteiger partial charge in [0, 0.05) is 26.1 Å². The second kappa shape index (κ2) is 15.1. The third-order valence-corrected chi connectivity index (χ3v) is 7.91. The summed E-state index contributed by atoms with van der Waals surface area (Å²) in [6, 6.07) is 8.32. The second-order valence-corrected chi connectivity index (χ2v) is 12.1. The number of anilines is 2. The van der Waals surface area contributed by atoms with E-state index in [4.69, 9.17) is 14.5 Å². The molecule has 1 atom stereocenters. The molecule has 2 rings (SSSR count). The third-order valence-electron chi connectivity index (χ3n) is 5.02. The molecule has 2 aromatic rings. The predicted octanol–water partition coefficient (Wildman–Crippen LogP) is 2.57. The van der Waals surface area contributed by atoms with Crippen LogP contribution < -0.4 is 15.0 Å². The first kappa shape index (κ1) is 33.2. The van der Waals surface area contributed by atoms with Crippen molar-refractivity contribution in [1.29, 1.82) is 0 Å². The van der Waals surface area contributed by atoms with Gasteiger partial charge in [0.25, 0.3) is 0 Å². The van der Waals surface area contributed by atoms with Crippen molar-refractivity contribution in [2.24, 2.45) is 10.2 Å². The van der Waals surface area contributed by atoms with Crippen LogP contribution in [0.25, 0.3) is 0 Å². The number of carbonyl (C=O) groups is 1. The first-order valence-corrected chi connectivity index (χ1v) is 15.5. The van der Waals surface area contributed by atoms with E-state index in [1.54, 1.807) is 11.0 Å². The van der Waals surface area contributed by atoms with Gasteiger partial charge in [0.1, 0.15) is 11.4 Å². The van der Waals surface area contributed by atoms with Crippen LogP contribution in [0.5, 0.6) is 5.75 Å². The lowest BCUT2D eigenvalue weighted by Crippen LogP contribution is -2.28. The summed E-state index contributed by atoms with van der Waals surface area (Å²) >= 11 is -1.92. The number of ether oxygens (including phenoxy) is 1. The quantitative estimate of drug-likeness (QED) is 0.106. The van der Waals surface area contributed by atoms with Gasteiger partial charge in [-0.2, -0.15) is 13.5 Å². The molecule has 0 aromatic heterocycles. The smallest absolute Gasteiger partial charge is 0.397 e. The number of carbonyl (C=O) groups excluding carboxylic acids is 1. The largest absolute Gasteiger partial charge is 0.494 e. The fraction of sp³-hybridized carbons (Fsp3) is 0.381. The highest BCUT2D eigenvalue weighted by Gasteiger charge is 2.19. The molecule has 0 radical (unpaired) electrons. The predicted molar refractivity (Wildman–Crippen MR) is 143 cm³/mol. The van der Waals surface area contributed by atoms with Crippen LogP contribution in [-0.2, 0) is 49.7 Å². The maximum absolute atomic E-state index is 12.3. The maximum atomic E-state index is 12.3. The van der Waals surface area contributed by atoms with Gasteiger partial charge >= 0.3 is 10.4 Å². The molecule has 19 heteroatoms. The van der Waals surface area contributed by atoms with E-state index in [-0.39, 0.29) is 34.3 Å². The molecule has 1 unspecified atom stereocenters. The molecule has 2 aromatic carbocycles. The summed E-state index contributed by atoms with van der Waals surface area (Å²) in [7, 11) is -7.25. The maximum Gasteiger partial charge on any atom is 0.397 e. The Bertz CT molecular complexity index is 1430. The van der Waals surface area contributed by atoms with E-state index in [1.165, 1.54) is 44.4 Å². The molecule has 40 heavy (non-hydrogen) atoms. The Morgan fingerprint density at radius 2 is 1.80 bits per heavy atom. The topological polar surface area (TPSA) is 220 Å². The monoisotopic (exact) mass is 624 g/mol. The summed E-state index contributed by atoms with van der Waals surface area (Å²) in [5, 5.41) is 22.6. The van der Waals surface area contributed by atoms with E-state index in [0.29, 0.717) is 18.0 Å². The molecule has 0 aliphatic heterocycles. The Balaban J connectivity index is 2.32. The Labute approximate surface area is 233 Å². The van der Waals surface area contributed by atoms with Crippen molar-refractivity contribution >= 4 is 60.0 Å². The Morgan fingerprint density at radius 1 is 1.12 bits per heavy atom. The minimum absolute atomic E-state index is 0.0201. The Kier molecular flexibility index (Phi) is 12.5. The zero-order valence-electron chi connectivity index (χ0n) is 21.5. The number of azo groups is 1. The van der Waals surface area contributed by atoms with Crippen LogP contribution >= 0.6 is 0 Å². The van der Waals surface area contributed by atoms with Crippen molar-refractivity contribution in [3.8, 4) is 5.75 Å². The number of nitrogens with zero attached hydrogens (tertiary/aromatic N) is 3. The van der Waals surface area contributed by atoms with E-state index < -0.39 is 49.6 Å². The summed E-state index contributed by atoms with van der Waals surface area (Å²) < 4.78 is 79.9. The molecule has 0 bridgehead atoms. The zero-order chi connectivity index (χ0) is 29.9. The van der Waals surface area contributed by atoms with Crippen LogP contribution in [-0.4, -0.2) is 75.1 Å². The van der Waals surface area contributed by atoms with Gasteiger partial charge in [-0.25, -0.2) is 22.1 Å². The van der Waals surface area contributed by atoms with Gasteiger partial charge in [-0.15, -0.1) is 9.45 Å². The van der Waals surface area contributed by atoms with Crippen molar-refractivity contribution in [2.75, 3.05) is 48.5 Å². The molecular weight excluding hydrogens is 596 g/mol. The van der Waals surface area contributed by atoms with E-state index in [2.05, 4.69) is 29.1 Å². The molecule has 0 aliphatic rings. The van der Waals surface area contributed by atoms with Crippen molar-refractivity contribution in [3.05, 3.63) is 36.4 Å². The molecule has 222 valence electrons. The number of benzene rings is 2. The summed E-state index contributed by atoms with van der Waals surface area (Å²) in [6.07, 6.45) is 0. The summed E-state index contributed by atoms with van der Waals surface area (Å²) in [6.45, 7) is 3.04. The van der Waals surface area contributed by atoms with Gasteiger partial charge in [-0.05, 0) is 37.3 Å². The highest BCUT2D eigenvalue weighted by molar-refractivity contribution is 7.91. The number of hydrogen-bond acceptors (Lipinski definition) is 14. The third kappa shape index (κ3) is 10.5.